The van der Waals surface area contributed by atoms with Gasteiger partial charge in [0.05, 0.1) is 0 Å². The molecule has 0 bridgehead atoms. The Morgan fingerprint density at radius 2 is 1.93 bits per heavy atom. The molecular weight excluding hydrogens is 200 g/mol. The van der Waals surface area contributed by atoms with Crippen LogP contribution in [0, 0.1) is 0 Å². The van der Waals surface area contributed by atoms with Crippen LogP contribution in [0.1, 0.15) is 34.1 Å². The Morgan fingerprint density at radius 1 is 1.33 bits per heavy atom. The first-order valence-electron chi connectivity index (χ1n) is 5.79. The van der Waals surface area contributed by atoms with Gasteiger partial charge in [-0.15, -0.1) is 0 Å². The maximum atomic E-state index is 6.26. The van der Waals surface area contributed by atoms with E-state index in [0.29, 0.717) is 5.54 Å². The minimum Gasteiger partial charge on any atom is -0.412 e. The quantitative estimate of drug-likeness (QED) is 0.650. The van der Waals surface area contributed by atoms with Crippen LogP contribution in [-0.4, -0.2) is 13.9 Å². The van der Waals surface area contributed by atoms with E-state index in [4.69, 9.17) is 4.43 Å². The normalized spacial score (nSPS) is 19.2. The smallest absolute Gasteiger partial charge is 0.194 e. The minimum atomic E-state index is -1.63. The summed E-state index contributed by atoms with van der Waals surface area (Å²) in [5.41, 5.74) is 2.03. The van der Waals surface area contributed by atoms with Crippen molar-refractivity contribution in [2.45, 2.75) is 58.4 Å². The van der Waals surface area contributed by atoms with Crippen molar-refractivity contribution < 1.29 is 4.43 Å². The van der Waals surface area contributed by atoms with Gasteiger partial charge in [0.2, 0.25) is 0 Å². The first-order chi connectivity index (χ1) is 6.72. The summed E-state index contributed by atoms with van der Waals surface area (Å²) < 4.78 is 6.26. The molecule has 0 fully saturated rings. The highest BCUT2D eigenvalue weighted by molar-refractivity contribution is 6.73. The van der Waals surface area contributed by atoms with Crippen LogP contribution in [0.4, 0.5) is 0 Å². The zero-order valence-electron chi connectivity index (χ0n) is 10.9. The number of hydrogen-bond acceptors (Lipinski definition) is 1. The van der Waals surface area contributed by atoms with Gasteiger partial charge < -0.3 is 4.43 Å². The molecule has 1 unspecified atom stereocenters. The van der Waals surface area contributed by atoms with Gasteiger partial charge in [-0.2, -0.15) is 0 Å². The number of hydrogen-bond donors (Lipinski definition) is 0. The van der Waals surface area contributed by atoms with Gasteiger partial charge in [0.1, 0.15) is 0 Å². The second kappa shape index (κ2) is 4.26. The molecule has 1 aliphatic rings. The van der Waals surface area contributed by atoms with Gasteiger partial charge in [0.25, 0.3) is 0 Å². The van der Waals surface area contributed by atoms with E-state index < -0.39 is 8.32 Å². The van der Waals surface area contributed by atoms with Crippen LogP contribution in [0.25, 0.3) is 0 Å². The molecule has 0 aliphatic heterocycles. The predicted molar refractivity (Wildman–Crippen MR) is 69.6 cm³/mol. The van der Waals surface area contributed by atoms with Crippen molar-refractivity contribution in [3.05, 3.63) is 23.8 Å². The van der Waals surface area contributed by atoms with Crippen LogP contribution in [-0.2, 0) is 4.43 Å². The first-order valence-corrected chi connectivity index (χ1v) is 8.78. The maximum Gasteiger partial charge on any atom is 0.194 e. The Morgan fingerprint density at radius 3 is 2.33 bits per heavy atom. The molecule has 0 aromatic heterocycles. The summed E-state index contributed by atoms with van der Waals surface area (Å²) >= 11 is 0. The predicted octanol–water partition coefficient (Wildman–Crippen LogP) is 4.28. The van der Waals surface area contributed by atoms with Gasteiger partial charge >= 0.3 is 0 Å². The van der Waals surface area contributed by atoms with Crippen molar-refractivity contribution >= 4 is 8.32 Å². The van der Waals surface area contributed by atoms with Gasteiger partial charge in [-0.25, -0.2) is 0 Å². The van der Waals surface area contributed by atoms with E-state index in [1.807, 2.05) is 0 Å². The van der Waals surface area contributed by atoms with E-state index in [-0.39, 0.29) is 5.60 Å². The second-order valence-electron chi connectivity index (χ2n) is 5.88. The van der Waals surface area contributed by atoms with E-state index in [1.165, 1.54) is 5.57 Å². The van der Waals surface area contributed by atoms with Crippen LogP contribution < -0.4 is 0 Å². The Hall–Kier alpha value is -0.343. The highest BCUT2D eigenvalue weighted by Crippen LogP contribution is 2.35. The molecule has 1 nitrogen and oxygen atoms in total. The highest BCUT2D eigenvalue weighted by Gasteiger charge is 2.35. The lowest BCUT2D eigenvalue weighted by Gasteiger charge is -2.37. The van der Waals surface area contributed by atoms with Gasteiger partial charge in [0.15, 0.2) is 8.32 Å². The highest BCUT2D eigenvalue weighted by atomic mass is 28.4. The summed E-state index contributed by atoms with van der Waals surface area (Å²) in [6, 6.07) is 0. The Labute approximate surface area is 95.4 Å². The first kappa shape index (κ1) is 12.7. The van der Waals surface area contributed by atoms with Crippen LogP contribution in [0.3, 0.4) is 0 Å². The third kappa shape index (κ3) is 3.62. The molecule has 0 aromatic rings. The lowest BCUT2D eigenvalue weighted by Crippen LogP contribution is -2.42. The number of allylic oxidation sites excluding steroid dienone is 4. The molecule has 0 radical (unpaired) electrons. The standard InChI is InChI=1S/C13H24OSi/c1-11(12-9-7-8-10-12)15(5,6)14-13(2,3)4/h7,9-11H,8H2,1-6H3. The van der Waals surface area contributed by atoms with Crippen molar-refractivity contribution in [1.82, 2.24) is 0 Å². The molecule has 0 aromatic carbocycles. The SMILES string of the molecule is CC(C1=CCC=C1)[Si](C)(C)OC(C)(C)C. The van der Waals surface area contributed by atoms with Gasteiger partial charge in [-0.1, -0.05) is 25.2 Å². The van der Waals surface area contributed by atoms with Crippen molar-refractivity contribution in [3.63, 3.8) is 0 Å². The van der Waals surface area contributed by atoms with Gasteiger partial charge in [-0.3, -0.25) is 0 Å². The van der Waals surface area contributed by atoms with E-state index in [9.17, 15) is 0 Å². The lowest BCUT2D eigenvalue weighted by atomic mass is 10.2. The molecule has 1 rings (SSSR count). The van der Waals surface area contributed by atoms with E-state index >= 15 is 0 Å². The van der Waals surface area contributed by atoms with Crippen molar-refractivity contribution in [2.24, 2.45) is 0 Å². The monoisotopic (exact) mass is 224 g/mol. The Kier molecular flexibility index (Phi) is 3.62. The van der Waals surface area contributed by atoms with Gasteiger partial charge in [-0.05, 0) is 51.4 Å². The van der Waals surface area contributed by atoms with Crippen LogP contribution in [0.5, 0.6) is 0 Å². The summed E-state index contributed by atoms with van der Waals surface area (Å²) in [6.07, 6.45) is 7.91. The summed E-state index contributed by atoms with van der Waals surface area (Å²) in [4.78, 5) is 0. The van der Waals surface area contributed by atoms with Crippen molar-refractivity contribution in [2.75, 3.05) is 0 Å². The third-order valence-electron chi connectivity index (χ3n) is 2.91. The molecule has 1 aliphatic carbocycles. The van der Waals surface area contributed by atoms with Crippen LogP contribution in [0.2, 0.25) is 18.6 Å². The lowest BCUT2D eigenvalue weighted by molar-refractivity contribution is 0.118. The largest absolute Gasteiger partial charge is 0.412 e. The maximum absolute atomic E-state index is 6.26. The zero-order valence-corrected chi connectivity index (χ0v) is 11.9. The minimum absolute atomic E-state index is 0.0210. The fourth-order valence-electron chi connectivity index (χ4n) is 2.08. The fraction of sp³-hybridized carbons (Fsp3) is 0.692. The fourth-order valence-corrected chi connectivity index (χ4v) is 4.85. The molecule has 86 valence electrons. The topological polar surface area (TPSA) is 9.23 Å². The summed E-state index contributed by atoms with van der Waals surface area (Å²) in [7, 11) is -1.63. The summed E-state index contributed by atoms with van der Waals surface area (Å²) in [5, 5.41) is 0. The van der Waals surface area contributed by atoms with Crippen LogP contribution >= 0.6 is 0 Å². The van der Waals surface area contributed by atoms with Crippen LogP contribution in [0.15, 0.2) is 23.8 Å². The van der Waals surface area contributed by atoms with E-state index in [2.05, 4.69) is 59.0 Å². The Bertz CT molecular complexity index is 281. The van der Waals surface area contributed by atoms with Crippen molar-refractivity contribution in [3.8, 4) is 0 Å². The molecule has 15 heavy (non-hydrogen) atoms. The molecule has 0 amide bonds. The average Bonchev–Trinajstić information content (AvgIpc) is 2.49. The number of rotatable bonds is 3. The van der Waals surface area contributed by atoms with Gasteiger partial charge in [0, 0.05) is 5.60 Å². The molecule has 0 N–H and O–H groups in total. The summed E-state index contributed by atoms with van der Waals surface area (Å²) in [6.45, 7) is 13.4. The Balaban J connectivity index is 2.72. The molecule has 0 saturated carbocycles. The molecule has 0 saturated heterocycles. The zero-order chi connectivity index (χ0) is 11.7. The third-order valence-corrected chi connectivity index (χ3v) is 6.47. The molecular formula is C13H24OSi. The average molecular weight is 224 g/mol. The van der Waals surface area contributed by atoms with E-state index in [1.54, 1.807) is 0 Å². The molecule has 0 heterocycles. The molecule has 0 spiro atoms. The molecule has 1 atom stereocenters. The van der Waals surface area contributed by atoms with Crippen molar-refractivity contribution in [1.29, 1.82) is 0 Å². The molecule has 2 heteroatoms. The second-order valence-corrected chi connectivity index (χ2v) is 10.2. The summed E-state index contributed by atoms with van der Waals surface area (Å²) in [5.74, 6) is 0. The van der Waals surface area contributed by atoms with E-state index in [0.717, 1.165) is 6.42 Å².